The predicted octanol–water partition coefficient (Wildman–Crippen LogP) is 3.73. The van der Waals surface area contributed by atoms with Crippen LogP contribution in [0.1, 0.15) is 25.3 Å². The van der Waals surface area contributed by atoms with Gasteiger partial charge in [-0.15, -0.1) is 11.3 Å². The fourth-order valence-corrected chi connectivity index (χ4v) is 2.33. The number of aromatic nitrogens is 1. The molecule has 2 nitrogen and oxygen atoms in total. The fourth-order valence-electron chi connectivity index (χ4n) is 1.77. The molecule has 0 saturated heterocycles. The first-order valence-corrected chi connectivity index (χ1v) is 6.48. The highest BCUT2D eigenvalue weighted by atomic mass is 32.1. The first-order chi connectivity index (χ1) is 7.81. The summed E-state index contributed by atoms with van der Waals surface area (Å²) in [6.07, 6.45) is 3.55. The average molecular weight is 232 g/mol. The topological polar surface area (TPSA) is 38.9 Å². The third kappa shape index (κ3) is 2.42. The Morgan fingerprint density at radius 2 is 2.12 bits per heavy atom. The van der Waals surface area contributed by atoms with Crippen LogP contribution in [0.25, 0.3) is 11.3 Å². The molecule has 0 bridgehead atoms. The third-order valence-electron chi connectivity index (χ3n) is 2.61. The molecule has 1 aromatic heterocycles. The highest BCUT2D eigenvalue weighted by Gasteiger charge is 2.07. The maximum absolute atomic E-state index is 5.67. The number of thiazole rings is 1. The van der Waals surface area contributed by atoms with E-state index in [0.717, 1.165) is 12.1 Å². The summed E-state index contributed by atoms with van der Waals surface area (Å²) in [5.74, 6) is 0. The summed E-state index contributed by atoms with van der Waals surface area (Å²) in [6, 6.07) is 8.45. The molecule has 1 aromatic carbocycles. The number of nitrogens with two attached hydrogens (primary N) is 1. The summed E-state index contributed by atoms with van der Waals surface area (Å²) < 4.78 is 0. The van der Waals surface area contributed by atoms with Crippen molar-refractivity contribution in [1.29, 1.82) is 0 Å². The van der Waals surface area contributed by atoms with Gasteiger partial charge in [-0.05, 0) is 18.4 Å². The lowest BCUT2D eigenvalue weighted by Gasteiger charge is -2.06. The van der Waals surface area contributed by atoms with Crippen molar-refractivity contribution in [2.45, 2.75) is 26.2 Å². The Bertz CT molecular complexity index is 462. The van der Waals surface area contributed by atoms with Gasteiger partial charge in [-0.1, -0.05) is 37.6 Å². The molecule has 0 fully saturated rings. The minimum atomic E-state index is 0.639. The Balaban J connectivity index is 2.32. The Morgan fingerprint density at radius 1 is 1.31 bits per heavy atom. The molecule has 2 aromatic rings. The van der Waals surface area contributed by atoms with Gasteiger partial charge in [0.05, 0.1) is 5.69 Å². The van der Waals surface area contributed by atoms with Crippen LogP contribution in [0, 0.1) is 0 Å². The van der Waals surface area contributed by atoms with Crippen LogP contribution in [0.2, 0.25) is 0 Å². The van der Waals surface area contributed by atoms with Gasteiger partial charge in [0.15, 0.2) is 5.13 Å². The molecule has 1 heterocycles. The van der Waals surface area contributed by atoms with Gasteiger partial charge in [0.25, 0.3) is 0 Å². The number of hydrogen-bond acceptors (Lipinski definition) is 3. The zero-order valence-corrected chi connectivity index (χ0v) is 10.3. The summed E-state index contributed by atoms with van der Waals surface area (Å²) in [4.78, 5) is 4.35. The van der Waals surface area contributed by atoms with E-state index in [4.69, 9.17) is 5.73 Å². The van der Waals surface area contributed by atoms with Gasteiger partial charge in [-0.25, -0.2) is 4.98 Å². The number of nitrogens with zero attached hydrogens (tertiary/aromatic N) is 1. The molecule has 0 atom stereocenters. The van der Waals surface area contributed by atoms with Crippen molar-refractivity contribution in [3.05, 3.63) is 35.2 Å². The maximum Gasteiger partial charge on any atom is 0.180 e. The SMILES string of the molecule is CCCCc1ccccc1-c1csc(N)n1. The van der Waals surface area contributed by atoms with Crippen LogP contribution in [0.4, 0.5) is 5.13 Å². The molecule has 2 N–H and O–H groups in total. The smallest absolute Gasteiger partial charge is 0.180 e. The zero-order chi connectivity index (χ0) is 11.4. The second kappa shape index (κ2) is 5.12. The molecule has 84 valence electrons. The van der Waals surface area contributed by atoms with Crippen LogP contribution in [-0.4, -0.2) is 4.98 Å². The van der Waals surface area contributed by atoms with Crippen molar-refractivity contribution in [2.24, 2.45) is 0 Å². The number of benzene rings is 1. The van der Waals surface area contributed by atoms with Crippen LogP contribution in [0.15, 0.2) is 29.6 Å². The zero-order valence-electron chi connectivity index (χ0n) is 9.44. The van der Waals surface area contributed by atoms with E-state index >= 15 is 0 Å². The molecule has 2 rings (SSSR count). The highest BCUT2D eigenvalue weighted by molar-refractivity contribution is 7.13. The van der Waals surface area contributed by atoms with Crippen LogP contribution < -0.4 is 5.73 Å². The van der Waals surface area contributed by atoms with E-state index < -0.39 is 0 Å². The van der Waals surface area contributed by atoms with Crippen molar-refractivity contribution in [3.63, 3.8) is 0 Å². The van der Waals surface area contributed by atoms with Crippen LogP contribution >= 0.6 is 11.3 Å². The van der Waals surface area contributed by atoms with Crippen molar-refractivity contribution in [3.8, 4) is 11.3 Å². The number of nitrogen functional groups attached to an aromatic ring is 1. The van der Waals surface area contributed by atoms with E-state index in [0.29, 0.717) is 5.13 Å². The van der Waals surface area contributed by atoms with Crippen molar-refractivity contribution in [2.75, 3.05) is 5.73 Å². The van der Waals surface area contributed by atoms with Crippen molar-refractivity contribution < 1.29 is 0 Å². The van der Waals surface area contributed by atoms with E-state index in [1.54, 1.807) is 0 Å². The largest absolute Gasteiger partial charge is 0.375 e. The normalized spacial score (nSPS) is 10.6. The number of anilines is 1. The van der Waals surface area contributed by atoms with E-state index in [2.05, 4.69) is 36.2 Å². The average Bonchev–Trinajstić information content (AvgIpc) is 2.73. The molecule has 0 saturated carbocycles. The summed E-state index contributed by atoms with van der Waals surface area (Å²) in [5, 5.41) is 2.67. The van der Waals surface area contributed by atoms with Crippen molar-refractivity contribution >= 4 is 16.5 Å². The number of rotatable bonds is 4. The number of hydrogen-bond donors (Lipinski definition) is 1. The lowest BCUT2D eigenvalue weighted by molar-refractivity contribution is 0.796. The molecule has 0 aliphatic carbocycles. The Labute approximate surface area is 100 Å². The van der Waals surface area contributed by atoms with Gasteiger partial charge in [-0.3, -0.25) is 0 Å². The first-order valence-electron chi connectivity index (χ1n) is 5.60. The molecule has 0 aliphatic rings. The first kappa shape index (κ1) is 11.1. The van der Waals surface area contributed by atoms with Gasteiger partial charge >= 0.3 is 0 Å². The maximum atomic E-state index is 5.67. The van der Waals surface area contributed by atoms with E-state index in [1.807, 2.05) is 5.38 Å². The van der Waals surface area contributed by atoms with Gasteiger partial charge < -0.3 is 5.73 Å². The van der Waals surface area contributed by atoms with Crippen LogP contribution in [0.5, 0.6) is 0 Å². The quantitative estimate of drug-likeness (QED) is 0.872. The molecule has 0 spiro atoms. The van der Waals surface area contributed by atoms with Crippen LogP contribution in [-0.2, 0) is 6.42 Å². The van der Waals surface area contributed by atoms with E-state index in [9.17, 15) is 0 Å². The number of unbranched alkanes of at least 4 members (excludes halogenated alkanes) is 1. The van der Waals surface area contributed by atoms with Gasteiger partial charge in [0.1, 0.15) is 0 Å². The molecule has 3 heteroatoms. The number of aryl methyl sites for hydroxylation is 1. The van der Waals surface area contributed by atoms with E-state index in [1.165, 1.54) is 35.3 Å². The predicted molar refractivity (Wildman–Crippen MR) is 70.6 cm³/mol. The van der Waals surface area contributed by atoms with Crippen molar-refractivity contribution in [1.82, 2.24) is 4.98 Å². The monoisotopic (exact) mass is 232 g/mol. The standard InChI is InChI=1S/C13H16N2S/c1-2-3-6-10-7-4-5-8-11(10)12-9-16-13(14)15-12/h4-5,7-9H,2-3,6H2,1H3,(H2,14,15). The molecule has 0 radical (unpaired) electrons. The minimum Gasteiger partial charge on any atom is -0.375 e. The summed E-state index contributed by atoms with van der Waals surface area (Å²) in [7, 11) is 0. The molecule has 0 amide bonds. The highest BCUT2D eigenvalue weighted by Crippen LogP contribution is 2.27. The third-order valence-corrected chi connectivity index (χ3v) is 3.29. The second-order valence-electron chi connectivity index (χ2n) is 3.83. The fraction of sp³-hybridized carbons (Fsp3) is 0.308. The molecular weight excluding hydrogens is 216 g/mol. The molecular formula is C13H16N2S. The Kier molecular flexibility index (Phi) is 3.57. The van der Waals surface area contributed by atoms with Gasteiger partial charge in [0, 0.05) is 10.9 Å². The molecule has 0 aliphatic heterocycles. The second-order valence-corrected chi connectivity index (χ2v) is 4.72. The van der Waals surface area contributed by atoms with Gasteiger partial charge in [0.2, 0.25) is 0 Å². The lowest BCUT2D eigenvalue weighted by Crippen LogP contribution is -1.90. The summed E-state index contributed by atoms with van der Waals surface area (Å²) >= 11 is 1.50. The Morgan fingerprint density at radius 3 is 2.81 bits per heavy atom. The lowest BCUT2D eigenvalue weighted by atomic mass is 10.0. The molecule has 16 heavy (non-hydrogen) atoms. The van der Waals surface area contributed by atoms with Gasteiger partial charge in [-0.2, -0.15) is 0 Å². The summed E-state index contributed by atoms with van der Waals surface area (Å²) in [5.41, 5.74) is 9.28. The van der Waals surface area contributed by atoms with E-state index in [-0.39, 0.29) is 0 Å². The summed E-state index contributed by atoms with van der Waals surface area (Å²) in [6.45, 7) is 2.21. The molecule has 0 unspecified atom stereocenters. The minimum absolute atomic E-state index is 0.639. The Hall–Kier alpha value is -1.35. The van der Waals surface area contributed by atoms with Crippen LogP contribution in [0.3, 0.4) is 0 Å².